The van der Waals surface area contributed by atoms with Crippen LogP contribution in [-0.4, -0.2) is 57.6 Å². The Balaban J connectivity index is 2.51. The third-order valence-corrected chi connectivity index (χ3v) is 5.92. The van der Waals surface area contributed by atoms with Gasteiger partial charge in [-0.3, -0.25) is 4.79 Å². The van der Waals surface area contributed by atoms with Gasteiger partial charge in [0.05, 0.1) is 10.3 Å². The molecule has 1 fully saturated rings. The zero-order chi connectivity index (χ0) is 19.6. The number of rotatable bonds is 4. The summed E-state index contributed by atoms with van der Waals surface area (Å²) in [5.41, 5.74) is 0.817. The van der Waals surface area contributed by atoms with E-state index in [1.807, 2.05) is 20.8 Å². The molecule has 0 saturated carbocycles. The monoisotopic (exact) mass is 398 g/mol. The number of hydrogen-bond donors (Lipinski definition) is 0. The minimum absolute atomic E-state index is 0.189. The number of amides is 1. The Morgan fingerprint density at radius 2 is 2.12 bits per heavy atom. The summed E-state index contributed by atoms with van der Waals surface area (Å²) in [4.78, 5) is 20.8. The predicted octanol–water partition coefficient (Wildman–Crippen LogP) is 3.31. The number of pyridine rings is 1. The minimum Gasteiger partial charge on any atom is -0.354 e. The van der Waals surface area contributed by atoms with Crippen molar-refractivity contribution in [3.63, 3.8) is 0 Å². The molecule has 0 spiro atoms. The van der Waals surface area contributed by atoms with Crippen LogP contribution in [0.25, 0.3) is 0 Å². The normalized spacial score (nSPS) is 19.2. The van der Waals surface area contributed by atoms with Crippen molar-refractivity contribution >= 4 is 40.5 Å². The van der Waals surface area contributed by atoms with Gasteiger partial charge in [0.15, 0.2) is 0 Å². The van der Waals surface area contributed by atoms with Crippen LogP contribution in [-0.2, 0) is 11.0 Å². The molecule has 144 valence electrons. The van der Waals surface area contributed by atoms with Crippen LogP contribution < -0.4 is 4.90 Å². The molecule has 1 aliphatic rings. The number of aromatic nitrogens is 1. The maximum Gasteiger partial charge on any atom is 0.254 e. The highest BCUT2D eigenvalue weighted by Crippen LogP contribution is 2.29. The van der Waals surface area contributed by atoms with Crippen molar-refractivity contribution in [3.05, 3.63) is 22.3 Å². The van der Waals surface area contributed by atoms with E-state index in [0.29, 0.717) is 23.0 Å². The second-order valence-electron chi connectivity index (χ2n) is 7.71. The van der Waals surface area contributed by atoms with E-state index < -0.39 is 15.7 Å². The Hall–Kier alpha value is -1.47. The SMILES string of the molecule is C[C@@H]1CCCN1c1cc(C(=O)N(C)C)c(/C=N/S(=O)C(C)(C)C)c(Cl)n1. The molecular weight excluding hydrogens is 372 g/mol. The van der Waals surface area contributed by atoms with Gasteiger partial charge in [-0.2, -0.15) is 4.40 Å². The van der Waals surface area contributed by atoms with Gasteiger partial charge in [0, 0.05) is 38.5 Å². The standard InChI is InChI=1S/C18H27ClN4O2S/c1-12-8-7-9-23(12)15-10-13(17(24)22(5)6)14(16(19)21-15)11-20-26(25)18(2,3)4/h10-12H,7-9H2,1-6H3/b20-11+/t12-,26?/m1/s1. The summed E-state index contributed by atoms with van der Waals surface area (Å²) in [5, 5.41) is 0.196. The third-order valence-electron chi connectivity index (χ3n) is 4.28. The zero-order valence-electron chi connectivity index (χ0n) is 16.2. The molecule has 2 heterocycles. The molecule has 0 aromatic carbocycles. The number of anilines is 1. The summed E-state index contributed by atoms with van der Waals surface area (Å²) in [6, 6.07) is 2.12. The lowest BCUT2D eigenvalue weighted by molar-refractivity contribution is 0.0827. The maximum atomic E-state index is 12.7. The molecule has 0 N–H and O–H groups in total. The second kappa shape index (κ2) is 8.05. The fourth-order valence-electron chi connectivity index (χ4n) is 2.73. The van der Waals surface area contributed by atoms with Crippen LogP contribution in [0, 0.1) is 0 Å². The summed E-state index contributed by atoms with van der Waals surface area (Å²) in [7, 11) is 1.92. The molecule has 1 amide bonds. The van der Waals surface area contributed by atoms with Gasteiger partial charge in [-0.25, -0.2) is 9.19 Å². The highest BCUT2D eigenvalue weighted by atomic mass is 35.5. The Kier molecular flexibility index (Phi) is 6.45. The quantitative estimate of drug-likeness (QED) is 0.576. The van der Waals surface area contributed by atoms with Gasteiger partial charge in [-0.15, -0.1) is 0 Å². The first-order valence-corrected chi connectivity index (χ1v) is 10.2. The smallest absolute Gasteiger partial charge is 0.254 e. The molecular formula is C18H27ClN4O2S. The Labute approximate surface area is 163 Å². The summed E-state index contributed by atoms with van der Waals surface area (Å²) < 4.78 is 15.8. The van der Waals surface area contributed by atoms with Crippen LogP contribution in [0.2, 0.25) is 5.15 Å². The molecule has 26 heavy (non-hydrogen) atoms. The van der Waals surface area contributed by atoms with E-state index in [1.54, 1.807) is 20.2 Å². The fraction of sp³-hybridized carbons (Fsp3) is 0.611. The van der Waals surface area contributed by atoms with Crippen LogP contribution in [0.3, 0.4) is 0 Å². The number of halogens is 1. The molecule has 1 aromatic heterocycles. The fourth-order valence-corrected chi connectivity index (χ4v) is 3.49. The first kappa shape index (κ1) is 20.8. The molecule has 0 aliphatic carbocycles. The second-order valence-corrected chi connectivity index (χ2v) is 10.0. The molecule has 0 radical (unpaired) electrons. The molecule has 1 aliphatic heterocycles. The van der Waals surface area contributed by atoms with Crippen molar-refractivity contribution in [1.29, 1.82) is 0 Å². The van der Waals surface area contributed by atoms with Crippen molar-refractivity contribution in [3.8, 4) is 0 Å². The largest absolute Gasteiger partial charge is 0.354 e. The molecule has 6 nitrogen and oxygen atoms in total. The number of carbonyl (C=O) groups excluding carboxylic acids is 1. The lowest BCUT2D eigenvalue weighted by Gasteiger charge is -2.24. The lowest BCUT2D eigenvalue weighted by Crippen LogP contribution is -2.29. The molecule has 2 atom stereocenters. The first-order valence-electron chi connectivity index (χ1n) is 8.67. The van der Waals surface area contributed by atoms with Gasteiger partial charge < -0.3 is 9.80 Å². The van der Waals surface area contributed by atoms with Crippen LogP contribution in [0.4, 0.5) is 5.82 Å². The van der Waals surface area contributed by atoms with Crippen molar-refractivity contribution in [2.24, 2.45) is 4.40 Å². The Morgan fingerprint density at radius 3 is 2.62 bits per heavy atom. The van der Waals surface area contributed by atoms with E-state index in [4.69, 9.17) is 11.6 Å². The van der Waals surface area contributed by atoms with Crippen molar-refractivity contribution in [2.45, 2.75) is 51.3 Å². The highest BCUT2D eigenvalue weighted by Gasteiger charge is 2.26. The molecule has 8 heteroatoms. The summed E-state index contributed by atoms with van der Waals surface area (Å²) in [6.07, 6.45) is 3.58. The molecule has 2 rings (SSSR count). The van der Waals surface area contributed by atoms with Crippen LogP contribution in [0.15, 0.2) is 10.5 Å². The Bertz CT molecular complexity index is 743. The van der Waals surface area contributed by atoms with E-state index in [-0.39, 0.29) is 11.1 Å². The van der Waals surface area contributed by atoms with Gasteiger partial charge >= 0.3 is 0 Å². The van der Waals surface area contributed by atoms with Crippen molar-refractivity contribution < 1.29 is 9.00 Å². The minimum atomic E-state index is -1.44. The van der Waals surface area contributed by atoms with Crippen molar-refractivity contribution in [2.75, 3.05) is 25.5 Å². The van der Waals surface area contributed by atoms with Gasteiger partial charge in [0.2, 0.25) is 0 Å². The first-order chi connectivity index (χ1) is 12.0. The number of hydrogen-bond acceptors (Lipinski definition) is 4. The summed E-state index contributed by atoms with van der Waals surface area (Å²) in [6.45, 7) is 8.54. The molecule has 0 bridgehead atoms. The Morgan fingerprint density at radius 1 is 1.46 bits per heavy atom. The van der Waals surface area contributed by atoms with Crippen molar-refractivity contribution in [1.82, 2.24) is 9.88 Å². The molecule has 1 unspecified atom stereocenters. The predicted molar refractivity (Wildman–Crippen MR) is 109 cm³/mol. The average molecular weight is 399 g/mol. The van der Waals surface area contributed by atoms with Crippen LogP contribution >= 0.6 is 11.6 Å². The molecule has 1 saturated heterocycles. The van der Waals surface area contributed by atoms with Crippen LogP contribution in [0.5, 0.6) is 0 Å². The van der Waals surface area contributed by atoms with E-state index >= 15 is 0 Å². The summed E-state index contributed by atoms with van der Waals surface area (Å²) in [5.74, 6) is 0.504. The number of nitrogens with zero attached hydrogens (tertiary/aromatic N) is 4. The highest BCUT2D eigenvalue weighted by molar-refractivity contribution is 7.85. The van der Waals surface area contributed by atoms with Crippen LogP contribution in [0.1, 0.15) is 56.5 Å². The molecule has 1 aromatic rings. The number of carbonyl (C=O) groups is 1. The van der Waals surface area contributed by atoms with E-state index in [1.165, 1.54) is 11.1 Å². The van der Waals surface area contributed by atoms with Gasteiger partial charge in [0.1, 0.15) is 22.0 Å². The van der Waals surface area contributed by atoms with Gasteiger partial charge in [0.25, 0.3) is 5.91 Å². The third kappa shape index (κ3) is 4.62. The van der Waals surface area contributed by atoms with Gasteiger partial charge in [-0.1, -0.05) is 11.6 Å². The van der Waals surface area contributed by atoms with Gasteiger partial charge in [-0.05, 0) is 46.6 Å². The lowest BCUT2D eigenvalue weighted by atomic mass is 10.1. The van der Waals surface area contributed by atoms with E-state index in [2.05, 4.69) is 21.2 Å². The maximum absolute atomic E-state index is 12.7. The zero-order valence-corrected chi connectivity index (χ0v) is 17.8. The topological polar surface area (TPSA) is 65.9 Å². The average Bonchev–Trinajstić information content (AvgIpc) is 2.97. The summed E-state index contributed by atoms with van der Waals surface area (Å²) >= 11 is 6.41. The van der Waals surface area contributed by atoms with E-state index in [9.17, 15) is 9.00 Å². The van der Waals surface area contributed by atoms with E-state index in [0.717, 1.165) is 19.4 Å².